The highest BCUT2D eigenvalue weighted by atomic mass is 32.2. The summed E-state index contributed by atoms with van der Waals surface area (Å²) >= 11 is 0. The second-order valence-corrected chi connectivity index (χ2v) is 6.66. The van der Waals surface area contributed by atoms with Crippen LogP contribution in [0, 0.1) is 0 Å². The fourth-order valence-electron chi connectivity index (χ4n) is 2.15. The van der Waals surface area contributed by atoms with Crippen molar-refractivity contribution in [1.82, 2.24) is 9.21 Å². The SMILES string of the molecule is COc1ccc(S(=O)(=O)N2CCN(C)CC2)cc1OC. The summed E-state index contributed by atoms with van der Waals surface area (Å²) in [5.74, 6) is 0.938. The minimum atomic E-state index is -3.47. The monoisotopic (exact) mass is 300 g/mol. The second-order valence-electron chi connectivity index (χ2n) is 4.72. The molecule has 0 unspecified atom stereocenters. The van der Waals surface area contributed by atoms with E-state index in [1.807, 2.05) is 7.05 Å². The maximum absolute atomic E-state index is 12.6. The summed E-state index contributed by atoms with van der Waals surface area (Å²) in [6.07, 6.45) is 0. The largest absolute Gasteiger partial charge is 0.493 e. The number of hydrogen-bond donors (Lipinski definition) is 0. The summed E-state index contributed by atoms with van der Waals surface area (Å²) in [5.41, 5.74) is 0. The quantitative estimate of drug-likeness (QED) is 0.817. The van der Waals surface area contributed by atoms with Crippen molar-refractivity contribution < 1.29 is 17.9 Å². The van der Waals surface area contributed by atoms with Gasteiger partial charge in [-0.3, -0.25) is 0 Å². The van der Waals surface area contributed by atoms with E-state index in [-0.39, 0.29) is 4.90 Å². The summed E-state index contributed by atoms with van der Waals surface area (Å²) in [7, 11) is 1.53. The molecule has 0 saturated carbocycles. The molecule has 112 valence electrons. The van der Waals surface area contributed by atoms with Gasteiger partial charge >= 0.3 is 0 Å². The number of ether oxygens (including phenoxy) is 2. The van der Waals surface area contributed by atoms with Crippen LogP contribution < -0.4 is 9.47 Å². The molecule has 1 aromatic carbocycles. The first-order valence-corrected chi connectivity index (χ1v) is 7.83. The van der Waals surface area contributed by atoms with Crippen molar-refractivity contribution in [3.63, 3.8) is 0 Å². The smallest absolute Gasteiger partial charge is 0.243 e. The predicted molar refractivity (Wildman–Crippen MR) is 75.8 cm³/mol. The summed E-state index contributed by atoms with van der Waals surface area (Å²) < 4.78 is 36.9. The Morgan fingerprint density at radius 3 is 2.15 bits per heavy atom. The van der Waals surface area contributed by atoms with Crippen molar-refractivity contribution >= 4 is 10.0 Å². The molecule has 0 aliphatic carbocycles. The molecule has 0 aromatic heterocycles. The Morgan fingerprint density at radius 1 is 1.00 bits per heavy atom. The average molecular weight is 300 g/mol. The summed E-state index contributed by atoms with van der Waals surface area (Å²) in [6.45, 7) is 2.50. The van der Waals surface area contributed by atoms with Crippen molar-refractivity contribution in [3.8, 4) is 11.5 Å². The van der Waals surface area contributed by atoms with Gasteiger partial charge < -0.3 is 14.4 Å². The Hall–Kier alpha value is -1.31. The van der Waals surface area contributed by atoms with Crippen LogP contribution >= 0.6 is 0 Å². The van der Waals surface area contributed by atoms with Crippen molar-refractivity contribution in [2.75, 3.05) is 47.4 Å². The molecule has 1 saturated heterocycles. The summed E-state index contributed by atoms with van der Waals surface area (Å²) in [6, 6.07) is 4.67. The normalized spacial score (nSPS) is 17.9. The fourth-order valence-corrected chi connectivity index (χ4v) is 3.59. The topological polar surface area (TPSA) is 59.1 Å². The van der Waals surface area contributed by atoms with Crippen LogP contribution in [0.1, 0.15) is 0 Å². The molecule has 0 amide bonds. The maximum atomic E-state index is 12.6. The molecule has 1 heterocycles. The highest BCUT2D eigenvalue weighted by molar-refractivity contribution is 7.89. The molecule has 1 aliphatic heterocycles. The number of nitrogens with zero attached hydrogens (tertiary/aromatic N) is 2. The van der Waals surface area contributed by atoms with Gasteiger partial charge in [-0.15, -0.1) is 0 Å². The van der Waals surface area contributed by atoms with Crippen LogP contribution in [0.3, 0.4) is 0 Å². The number of piperazine rings is 1. The van der Waals surface area contributed by atoms with Gasteiger partial charge in [0.1, 0.15) is 0 Å². The summed E-state index contributed by atoms with van der Waals surface area (Å²) in [5, 5.41) is 0. The van der Waals surface area contributed by atoms with Crippen molar-refractivity contribution in [3.05, 3.63) is 18.2 Å². The predicted octanol–water partition coefficient (Wildman–Crippen LogP) is 0.640. The first-order valence-electron chi connectivity index (χ1n) is 6.39. The lowest BCUT2D eigenvalue weighted by molar-refractivity contribution is 0.222. The molecule has 0 atom stereocenters. The Balaban J connectivity index is 2.30. The number of hydrogen-bond acceptors (Lipinski definition) is 5. The van der Waals surface area contributed by atoms with E-state index >= 15 is 0 Å². The van der Waals surface area contributed by atoms with Crippen LogP contribution in [0.5, 0.6) is 11.5 Å². The van der Waals surface area contributed by atoms with Gasteiger partial charge in [0.05, 0.1) is 19.1 Å². The van der Waals surface area contributed by atoms with Gasteiger partial charge in [-0.05, 0) is 19.2 Å². The number of sulfonamides is 1. The zero-order valence-electron chi connectivity index (χ0n) is 12.0. The van der Waals surface area contributed by atoms with Crippen LogP contribution in [0.15, 0.2) is 23.1 Å². The minimum absolute atomic E-state index is 0.236. The second kappa shape index (κ2) is 5.99. The van der Waals surface area contributed by atoms with Crippen LogP contribution in [0.2, 0.25) is 0 Å². The van der Waals surface area contributed by atoms with E-state index in [0.717, 1.165) is 13.1 Å². The van der Waals surface area contributed by atoms with Crippen LogP contribution in [-0.4, -0.2) is 65.1 Å². The first-order chi connectivity index (χ1) is 9.48. The molecule has 6 nitrogen and oxygen atoms in total. The van der Waals surface area contributed by atoms with Gasteiger partial charge in [0, 0.05) is 32.2 Å². The molecule has 1 fully saturated rings. The van der Waals surface area contributed by atoms with Gasteiger partial charge in [0.15, 0.2) is 11.5 Å². The van der Waals surface area contributed by atoms with E-state index in [1.54, 1.807) is 12.1 Å². The van der Waals surface area contributed by atoms with Gasteiger partial charge in [0.25, 0.3) is 0 Å². The molecule has 0 spiro atoms. The summed E-state index contributed by atoms with van der Waals surface area (Å²) in [4.78, 5) is 2.35. The molecule has 7 heteroatoms. The molecule has 1 aliphatic rings. The Labute approximate surface area is 119 Å². The number of rotatable bonds is 4. The van der Waals surface area contributed by atoms with Crippen LogP contribution in [-0.2, 0) is 10.0 Å². The highest BCUT2D eigenvalue weighted by Gasteiger charge is 2.28. The Morgan fingerprint density at radius 2 is 1.60 bits per heavy atom. The van der Waals surface area contributed by atoms with Gasteiger partial charge in [-0.1, -0.05) is 0 Å². The van der Waals surface area contributed by atoms with E-state index in [4.69, 9.17) is 9.47 Å². The van der Waals surface area contributed by atoms with E-state index in [2.05, 4.69) is 4.90 Å². The van der Waals surface area contributed by atoms with Crippen LogP contribution in [0.25, 0.3) is 0 Å². The van der Waals surface area contributed by atoms with Crippen LogP contribution in [0.4, 0.5) is 0 Å². The van der Waals surface area contributed by atoms with E-state index in [0.29, 0.717) is 24.6 Å². The molecule has 0 radical (unpaired) electrons. The zero-order valence-corrected chi connectivity index (χ0v) is 12.8. The third-order valence-electron chi connectivity index (χ3n) is 3.46. The maximum Gasteiger partial charge on any atom is 0.243 e. The lowest BCUT2D eigenvalue weighted by Gasteiger charge is -2.31. The van der Waals surface area contributed by atoms with E-state index in [9.17, 15) is 8.42 Å². The fraction of sp³-hybridized carbons (Fsp3) is 0.538. The van der Waals surface area contributed by atoms with Gasteiger partial charge in [-0.2, -0.15) is 4.31 Å². The number of methoxy groups -OCH3 is 2. The molecule has 0 N–H and O–H groups in total. The van der Waals surface area contributed by atoms with E-state index in [1.165, 1.54) is 24.6 Å². The third kappa shape index (κ3) is 2.89. The van der Waals surface area contributed by atoms with Crippen molar-refractivity contribution in [1.29, 1.82) is 0 Å². The van der Waals surface area contributed by atoms with E-state index < -0.39 is 10.0 Å². The molecule has 1 aromatic rings. The lowest BCUT2D eigenvalue weighted by atomic mass is 10.3. The first kappa shape index (κ1) is 15.1. The molecule has 20 heavy (non-hydrogen) atoms. The standard InChI is InChI=1S/C13H20N2O4S/c1-14-6-8-15(9-7-14)20(16,17)11-4-5-12(18-2)13(10-11)19-3/h4-5,10H,6-9H2,1-3H3. The molecule has 0 bridgehead atoms. The highest BCUT2D eigenvalue weighted by Crippen LogP contribution is 2.30. The third-order valence-corrected chi connectivity index (χ3v) is 5.35. The lowest BCUT2D eigenvalue weighted by Crippen LogP contribution is -2.46. The zero-order chi connectivity index (χ0) is 14.8. The number of likely N-dealkylation sites (N-methyl/N-ethyl adjacent to an activating group) is 1. The molecular formula is C13H20N2O4S. The van der Waals surface area contributed by atoms with Crippen molar-refractivity contribution in [2.45, 2.75) is 4.90 Å². The van der Waals surface area contributed by atoms with Gasteiger partial charge in [-0.25, -0.2) is 8.42 Å². The Bertz CT molecular complexity index is 566. The average Bonchev–Trinajstić information content (AvgIpc) is 2.46. The molecular weight excluding hydrogens is 280 g/mol. The molecule has 2 rings (SSSR count). The van der Waals surface area contributed by atoms with Crippen molar-refractivity contribution in [2.24, 2.45) is 0 Å². The minimum Gasteiger partial charge on any atom is -0.493 e. The Kier molecular flexibility index (Phi) is 4.52. The number of benzene rings is 1. The van der Waals surface area contributed by atoms with Gasteiger partial charge in [0.2, 0.25) is 10.0 Å².